The van der Waals surface area contributed by atoms with Gasteiger partial charge in [0.15, 0.2) is 0 Å². The Kier molecular flexibility index (Phi) is 10.2. The van der Waals surface area contributed by atoms with Crippen molar-refractivity contribution in [2.45, 2.75) is 82.0 Å². The molecule has 2 heterocycles. The summed E-state index contributed by atoms with van der Waals surface area (Å²) < 4.78 is 73.1. The fourth-order valence-corrected chi connectivity index (χ4v) is 9.34. The largest absolute Gasteiger partial charge is 0.490 e. The Balaban J connectivity index is 1.40. The zero-order valence-corrected chi connectivity index (χ0v) is 30.1. The van der Waals surface area contributed by atoms with Crippen LogP contribution in [0.1, 0.15) is 73.9 Å². The molecule has 0 saturated heterocycles. The molecular weight excluding hydrogens is 693 g/mol. The molecule has 1 saturated carbocycles. The van der Waals surface area contributed by atoms with Crippen LogP contribution in [0.2, 0.25) is 5.02 Å². The highest BCUT2D eigenvalue weighted by atomic mass is 35.5. The number of nitrogens with one attached hydrogen (secondary N) is 2. The van der Waals surface area contributed by atoms with E-state index in [2.05, 4.69) is 20.1 Å². The van der Waals surface area contributed by atoms with Crippen molar-refractivity contribution in [1.29, 1.82) is 0 Å². The number of carbonyl (C=O) groups excluding carboxylic acids is 2. The molecule has 6 rings (SSSR count). The van der Waals surface area contributed by atoms with E-state index in [1.807, 2.05) is 29.6 Å². The topological polar surface area (TPSA) is 109 Å². The summed E-state index contributed by atoms with van der Waals surface area (Å²) in [5, 5.41) is 2.52. The lowest BCUT2D eigenvalue weighted by Crippen LogP contribution is -2.57. The van der Waals surface area contributed by atoms with Crippen molar-refractivity contribution in [1.82, 2.24) is 10.0 Å². The number of ether oxygens (including phenoxy) is 2. The lowest BCUT2D eigenvalue weighted by Gasteiger charge is -2.46. The van der Waals surface area contributed by atoms with E-state index >= 15 is 0 Å². The molecule has 2 N–H and O–H groups in total. The smallest absolute Gasteiger partial charge is 0.411 e. The van der Waals surface area contributed by atoms with Crippen LogP contribution < -0.4 is 19.7 Å². The molecule has 2 aromatic rings. The van der Waals surface area contributed by atoms with Gasteiger partial charge in [0.05, 0.1) is 24.2 Å². The van der Waals surface area contributed by atoms with Gasteiger partial charge in [-0.05, 0) is 112 Å². The number of rotatable bonds is 3. The summed E-state index contributed by atoms with van der Waals surface area (Å²) in [5.74, 6) is 0.0798. The molecule has 1 fully saturated rings. The summed E-state index contributed by atoms with van der Waals surface area (Å²) in [6, 6.07) is 9.67. The number of nitrogens with zero attached hydrogens (tertiary/aromatic N) is 2. The van der Waals surface area contributed by atoms with Crippen molar-refractivity contribution < 1.29 is 36.4 Å². The molecule has 2 bridgehead atoms. The number of fused-ring (bicyclic) bond motifs is 4. The number of hydrogen-bond donors (Lipinski definition) is 2. The predicted octanol–water partition coefficient (Wildman–Crippen LogP) is 7.37. The quantitative estimate of drug-likeness (QED) is 0.319. The molecule has 0 aromatic heterocycles. The third kappa shape index (κ3) is 7.50. The lowest BCUT2D eigenvalue weighted by atomic mass is 9.68. The number of urea groups is 1. The van der Waals surface area contributed by atoms with Gasteiger partial charge in [-0.25, -0.2) is 9.00 Å². The Bertz CT molecular complexity index is 1790. The Morgan fingerprint density at radius 2 is 1.96 bits per heavy atom. The van der Waals surface area contributed by atoms with Gasteiger partial charge < -0.3 is 19.7 Å². The molecule has 2 aliphatic heterocycles. The van der Waals surface area contributed by atoms with E-state index in [4.69, 9.17) is 21.1 Å². The summed E-state index contributed by atoms with van der Waals surface area (Å²) >= 11 is 6.41. The molecule has 1 unspecified atom stereocenters. The summed E-state index contributed by atoms with van der Waals surface area (Å²) in [7, 11) is -2.15. The minimum absolute atomic E-state index is 0.126. The van der Waals surface area contributed by atoms with Crippen LogP contribution in [0.3, 0.4) is 0 Å². The minimum Gasteiger partial charge on any atom is -0.490 e. The van der Waals surface area contributed by atoms with Crippen LogP contribution in [0, 0.1) is 11.8 Å². The van der Waals surface area contributed by atoms with Gasteiger partial charge in [-0.3, -0.25) is 9.52 Å². The van der Waals surface area contributed by atoms with Gasteiger partial charge in [-0.15, -0.1) is 4.36 Å². The third-order valence-corrected chi connectivity index (χ3v) is 12.7. The van der Waals surface area contributed by atoms with Crippen molar-refractivity contribution in [3.63, 3.8) is 0 Å². The first-order chi connectivity index (χ1) is 23.6. The Hall–Kier alpha value is -3.29. The molecule has 14 heteroatoms. The SMILES string of the molecule is CO[C@H]1/C=C/CCCS(=O)(NC(=O)NC(C)(C)C(F)(F)F)=NC(=O)c2ccc3c(c2)N(C[C@@H]2CC[C@H]21)C[C@@]1(CCCc2cc(Cl)ccc21)CO3. The van der Waals surface area contributed by atoms with Crippen LogP contribution >= 0.6 is 11.6 Å². The molecule has 4 aliphatic rings. The highest BCUT2D eigenvalue weighted by Gasteiger charge is 2.49. The van der Waals surface area contributed by atoms with E-state index < -0.39 is 33.6 Å². The van der Waals surface area contributed by atoms with Crippen molar-refractivity contribution in [2.24, 2.45) is 16.2 Å². The molecule has 50 heavy (non-hydrogen) atoms. The molecular formula is C36H44ClF3N4O5S. The van der Waals surface area contributed by atoms with Crippen LogP contribution in [-0.2, 0) is 26.5 Å². The van der Waals surface area contributed by atoms with Crippen molar-refractivity contribution in [2.75, 3.05) is 37.5 Å². The second kappa shape index (κ2) is 14.0. The highest BCUT2D eigenvalue weighted by Crippen LogP contribution is 2.47. The van der Waals surface area contributed by atoms with Crippen LogP contribution in [0.25, 0.3) is 0 Å². The fraction of sp³-hybridized carbons (Fsp3) is 0.556. The van der Waals surface area contributed by atoms with E-state index in [0.29, 0.717) is 48.5 Å². The second-order valence-electron chi connectivity index (χ2n) is 14.5. The summed E-state index contributed by atoms with van der Waals surface area (Å²) in [6.45, 7) is 3.34. The summed E-state index contributed by atoms with van der Waals surface area (Å²) in [4.78, 5) is 28.8. The second-order valence-corrected chi connectivity index (χ2v) is 17.0. The Morgan fingerprint density at radius 1 is 1.16 bits per heavy atom. The average molecular weight is 737 g/mol. The standard InChI is InChI=1S/C36H44ClF3N4O5S/c1-34(2,36(38,39)40)41-33(46)43-50(47)17-6-4-5-9-30(48-3)27-13-10-25(27)20-44-21-35(16-7-8-23-18-26(37)12-14-28(23)35)22-49-31-15-11-24(19-29(31)44)32(45)42-50/h5,9,11-12,14-15,18-19,25,27,30H,4,6-8,10,13,16-17,20-22H2,1-3H3,(H2,41,42,43,45,46,47)/b9-5+/t25-,27+,30-,35-,50?/m0/s1. The number of amides is 3. The van der Waals surface area contributed by atoms with Crippen LogP contribution in [0.15, 0.2) is 52.9 Å². The normalized spacial score (nSPS) is 29.3. The minimum atomic E-state index is -4.77. The monoisotopic (exact) mass is 736 g/mol. The number of anilines is 1. The predicted molar refractivity (Wildman–Crippen MR) is 187 cm³/mol. The van der Waals surface area contributed by atoms with Crippen LogP contribution in [0.4, 0.5) is 23.7 Å². The highest BCUT2D eigenvalue weighted by molar-refractivity contribution is 7.92. The maximum Gasteiger partial charge on any atom is 0.411 e. The summed E-state index contributed by atoms with van der Waals surface area (Å²) in [5.41, 5.74) is 0.299. The first kappa shape index (κ1) is 36.5. The van der Waals surface area contributed by atoms with Crippen LogP contribution in [0.5, 0.6) is 5.75 Å². The van der Waals surface area contributed by atoms with Gasteiger partial charge >= 0.3 is 12.2 Å². The maximum absolute atomic E-state index is 14.1. The lowest BCUT2D eigenvalue weighted by molar-refractivity contribution is -0.182. The first-order valence-corrected chi connectivity index (χ1v) is 19.1. The van der Waals surface area contributed by atoms with Gasteiger partial charge in [0.1, 0.15) is 21.2 Å². The van der Waals surface area contributed by atoms with Gasteiger partial charge in [0, 0.05) is 36.2 Å². The summed E-state index contributed by atoms with van der Waals surface area (Å²) in [6.07, 6.45) is 4.52. The van der Waals surface area contributed by atoms with E-state index in [0.717, 1.165) is 46.0 Å². The Morgan fingerprint density at radius 3 is 2.68 bits per heavy atom. The molecule has 2 aliphatic carbocycles. The molecule has 5 atom stereocenters. The molecule has 9 nitrogen and oxygen atoms in total. The number of hydrogen-bond acceptors (Lipinski definition) is 6. The number of benzene rings is 2. The number of methoxy groups -OCH3 is 1. The van der Waals surface area contributed by atoms with E-state index in [-0.39, 0.29) is 35.2 Å². The zero-order chi connectivity index (χ0) is 35.9. The van der Waals surface area contributed by atoms with Gasteiger partial charge in [-0.2, -0.15) is 13.2 Å². The van der Waals surface area contributed by atoms with Crippen molar-refractivity contribution in [3.8, 4) is 5.75 Å². The van der Waals surface area contributed by atoms with Crippen molar-refractivity contribution >= 4 is 39.1 Å². The number of alkyl halides is 3. The third-order valence-electron chi connectivity index (χ3n) is 10.6. The number of allylic oxidation sites excluding steroid dienone is 1. The van der Waals surface area contributed by atoms with Crippen molar-refractivity contribution in [3.05, 3.63) is 70.3 Å². The van der Waals surface area contributed by atoms with Crippen LogP contribution in [-0.4, -0.2) is 66.5 Å². The molecule has 3 amide bonds. The van der Waals surface area contributed by atoms with E-state index in [1.54, 1.807) is 25.3 Å². The molecule has 1 spiro atoms. The number of halogens is 4. The van der Waals surface area contributed by atoms with E-state index in [1.165, 1.54) is 11.1 Å². The molecule has 0 radical (unpaired) electrons. The Labute approximate surface area is 296 Å². The first-order valence-electron chi connectivity index (χ1n) is 17.1. The number of aryl methyl sites for hydroxylation is 1. The zero-order valence-electron chi connectivity index (χ0n) is 28.5. The van der Waals surface area contributed by atoms with E-state index in [9.17, 15) is 27.0 Å². The molecule has 2 aromatic carbocycles. The van der Waals surface area contributed by atoms with Gasteiger partial charge in [0.2, 0.25) is 0 Å². The maximum atomic E-state index is 14.1. The molecule has 272 valence electrons. The average Bonchev–Trinajstić information content (AvgIpc) is 3.17. The number of carbonyl (C=O) groups is 2. The van der Waals surface area contributed by atoms with Gasteiger partial charge in [-0.1, -0.05) is 29.8 Å². The van der Waals surface area contributed by atoms with Gasteiger partial charge in [0.25, 0.3) is 5.91 Å². The fourth-order valence-electron chi connectivity index (χ4n) is 7.64.